The molecule has 0 spiro atoms. The van der Waals surface area contributed by atoms with E-state index in [1.165, 1.54) is 4.57 Å². The Balaban J connectivity index is 2.39. The van der Waals surface area contributed by atoms with Gasteiger partial charge in [0.25, 0.3) is 5.56 Å². The molecule has 0 fully saturated rings. The molecule has 0 radical (unpaired) electrons. The lowest BCUT2D eigenvalue weighted by Crippen LogP contribution is -2.21. The zero-order chi connectivity index (χ0) is 14.3. The Morgan fingerprint density at radius 2 is 1.85 bits per heavy atom. The number of hydrogen-bond acceptors (Lipinski definition) is 2. The number of aromatic nitrogens is 1. The maximum Gasteiger partial charge on any atom is 0.264 e. The minimum absolute atomic E-state index is 0.106. The maximum atomic E-state index is 12.6. The zero-order valence-electron chi connectivity index (χ0n) is 10.9. The van der Waals surface area contributed by atoms with E-state index < -0.39 is 0 Å². The van der Waals surface area contributed by atoms with Crippen molar-refractivity contribution in [1.29, 1.82) is 0 Å². The van der Waals surface area contributed by atoms with Crippen molar-refractivity contribution in [2.24, 2.45) is 0 Å². The Bertz CT molecular complexity index is 868. The van der Waals surface area contributed by atoms with Gasteiger partial charge in [-0.1, -0.05) is 24.3 Å². The Hall–Kier alpha value is -2.07. The van der Waals surface area contributed by atoms with Gasteiger partial charge in [-0.25, -0.2) is 0 Å². The molecule has 20 heavy (non-hydrogen) atoms. The number of nitrogens with two attached hydrogens (primary N) is 1. The molecule has 100 valence electrons. The molecule has 2 aromatic carbocycles. The van der Waals surface area contributed by atoms with Crippen LogP contribution in [0.15, 0.2) is 57.8 Å². The third-order valence-corrected chi connectivity index (χ3v) is 3.94. The van der Waals surface area contributed by atoms with Crippen molar-refractivity contribution in [3.8, 4) is 5.69 Å². The van der Waals surface area contributed by atoms with E-state index in [1.807, 2.05) is 55.5 Å². The molecule has 0 aliphatic heterocycles. The summed E-state index contributed by atoms with van der Waals surface area (Å²) in [6.45, 7) is 2.00. The van der Waals surface area contributed by atoms with Gasteiger partial charge in [0.2, 0.25) is 0 Å². The van der Waals surface area contributed by atoms with Crippen LogP contribution in [0.1, 0.15) is 5.56 Å². The first-order chi connectivity index (χ1) is 9.58. The molecule has 0 saturated heterocycles. The second-order valence-electron chi connectivity index (χ2n) is 4.75. The first-order valence-corrected chi connectivity index (χ1v) is 7.04. The van der Waals surface area contributed by atoms with Gasteiger partial charge in [-0.05, 0) is 58.1 Å². The molecule has 1 heterocycles. The molecule has 0 aliphatic rings. The number of pyridine rings is 1. The number of halogens is 1. The van der Waals surface area contributed by atoms with Crippen molar-refractivity contribution in [1.82, 2.24) is 4.57 Å². The Morgan fingerprint density at radius 1 is 1.10 bits per heavy atom. The number of anilines is 1. The quantitative estimate of drug-likeness (QED) is 0.741. The number of rotatable bonds is 1. The largest absolute Gasteiger partial charge is 0.385 e. The predicted octanol–water partition coefficient (Wildman–Crippen LogP) is 3.64. The lowest BCUT2D eigenvalue weighted by molar-refractivity contribution is 1.01. The smallest absolute Gasteiger partial charge is 0.264 e. The number of hydrogen-bond donors (Lipinski definition) is 1. The SMILES string of the molecule is Cc1ccc(-n2c(N)cc3ccccc3c2=O)c(Br)c1. The van der Waals surface area contributed by atoms with Crippen molar-refractivity contribution in [3.05, 3.63) is 68.9 Å². The molecule has 0 bridgehead atoms. The summed E-state index contributed by atoms with van der Waals surface area (Å²) in [5.74, 6) is 0.429. The lowest BCUT2D eigenvalue weighted by atomic mass is 10.1. The Morgan fingerprint density at radius 3 is 2.60 bits per heavy atom. The Kier molecular flexibility index (Phi) is 3.10. The first kappa shape index (κ1) is 12.9. The Labute approximate surface area is 124 Å². The van der Waals surface area contributed by atoms with Crippen molar-refractivity contribution in [3.63, 3.8) is 0 Å². The van der Waals surface area contributed by atoms with E-state index in [2.05, 4.69) is 15.9 Å². The van der Waals surface area contributed by atoms with Crippen LogP contribution in [0.2, 0.25) is 0 Å². The van der Waals surface area contributed by atoms with Gasteiger partial charge in [-0.15, -0.1) is 0 Å². The van der Waals surface area contributed by atoms with Gasteiger partial charge in [0, 0.05) is 9.86 Å². The summed E-state index contributed by atoms with van der Waals surface area (Å²) < 4.78 is 2.38. The van der Waals surface area contributed by atoms with E-state index >= 15 is 0 Å². The van der Waals surface area contributed by atoms with Crippen LogP contribution < -0.4 is 11.3 Å². The van der Waals surface area contributed by atoms with Crippen LogP contribution in [0.5, 0.6) is 0 Å². The number of nitrogens with zero attached hydrogens (tertiary/aromatic N) is 1. The molecule has 3 nitrogen and oxygen atoms in total. The van der Waals surface area contributed by atoms with Crippen LogP contribution >= 0.6 is 15.9 Å². The maximum absolute atomic E-state index is 12.6. The van der Waals surface area contributed by atoms with Crippen molar-refractivity contribution >= 4 is 32.5 Å². The van der Waals surface area contributed by atoms with E-state index in [9.17, 15) is 4.79 Å². The third kappa shape index (κ3) is 2.02. The summed E-state index contributed by atoms with van der Waals surface area (Å²) >= 11 is 3.50. The molecule has 3 rings (SSSR count). The van der Waals surface area contributed by atoms with E-state index in [-0.39, 0.29) is 5.56 Å². The van der Waals surface area contributed by atoms with Gasteiger partial charge in [0.1, 0.15) is 5.82 Å². The molecule has 3 aromatic rings. The highest BCUT2D eigenvalue weighted by Crippen LogP contribution is 2.24. The molecule has 0 aliphatic carbocycles. The summed E-state index contributed by atoms with van der Waals surface area (Å²) in [4.78, 5) is 12.6. The summed E-state index contributed by atoms with van der Waals surface area (Å²) in [5.41, 5.74) is 7.83. The highest BCUT2D eigenvalue weighted by molar-refractivity contribution is 9.10. The summed E-state index contributed by atoms with van der Waals surface area (Å²) in [6, 6.07) is 15.1. The lowest BCUT2D eigenvalue weighted by Gasteiger charge is -2.13. The van der Waals surface area contributed by atoms with Gasteiger partial charge in [-0.3, -0.25) is 9.36 Å². The second-order valence-corrected chi connectivity index (χ2v) is 5.61. The topological polar surface area (TPSA) is 48.0 Å². The van der Waals surface area contributed by atoms with Crippen LogP contribution in [0.4, 0.5) is 5.82 Å². The average Bonchev–Trinajstić information content (AvgIpc) is 2.41. The number of benzene rings is 2. The summed E-state index contributed by atoms with van der Waals surface area (Å²) in [5, 5.41) is 1.52. The minimum Gasteiger partial charge on any atom is -0.385 e. The molecule has 0 saturated carbocycles. The second kappa shape index (κ2) is 4.80. The van der Waals surface area contributed by atoms with Gasteiger partial charge in [0.05, 0.1) is 5.69 Å². The molecular formula is C16H13BrN2O. The fraction of sp³-hybridized carbons (Fsp3) is 0.0625. The molecule has 2 N–H and O–H groups in total. The van der Waals surface area contributed by atoms with Gasteiger partial charge < -0.3 is 5.73 Å². The zero-order valence-corrected chi connectivity index (χ0v) is 12.5. The van der Waals surface area contributed by atoms with Crippen LogP contribution in [0.25, 0.3) is 16.5 Å². The van der Waals surface area contributed by atoms with Gasteiger partial charge in [0.15, 0.2) is 0 Å². The van der Waals surface area contributed by atoms with Crippen LogP contribution in [-0.4, -0.2) is 4.57 Å². The van der Waals surface area contributed by atoms with Crippen LogP contribution in [-0.2, 0) is 0 Å². The van der Waals surface area contributed by atoms with Gasteiger partial charge >= 0.3 is 0 Å². The van der Waals surface area contributed by atoms with Gasteiger partial charge in [-0.2, -0.15) is 0 Å². The summed E-state index contributed by atoms with van der Waals surface area (Å²) in [6.07, 6.45) is 0. The summed E-state index contributed by atoms with van der Waals surface area (Å²) in [7, 11) is 0. The van der Waals surface area contributed by atoms with E-state index in [0.717, 1.165) is 21.1 Å². The fourth-order valence-corrected chi connectivity index (χ4v) is 2.99. The number of fused-ring (bicyclic) bond motifs is 1. The number of aryl methyl sites for hydroxylation is 1. The standard InChI is InChI=1S/C16H13BrN2O/c1-10-6-7-14(13(17)8-10)19-15(18)9-11-4-2-3-5-12(11)16(19)20/h2-9H,18H2,1H3. The molecule has 0 atom stereocenters. The normalized spacial score (nSPS) is 10.9. The number of nitrogen functional groups attached to an aromatic ring is 1. The highest BCUT2D eigenvalue weighted by atomic mass is 79.9. The first-order valence-electron chi connectivity index (χ1n) is 6.25. The van der Waals surface area contributed by atoms with Crippen molar-refractivity contribution in [2.45, 2.75) is 6.92 Å². The van der Waals surface area contributed by atoms with Crippen LogP contribution in [0.3, 0.4) is 0 Å². The molecular weight excluding hydrogens is 316 g/mol. The molecule has 0 amide bonds. The van der Waals surface area contributed by atoms with E-state index in [4.69, 9.17) is 5.73 Å². The minimum atomic E-state index is -0.106. The fourth-order valence-electron chi connectivity index (χ4n) is 2.32. The highest BCUT2D eigenvalue weighted by Gasteiger charge is 2.11. The predicted molar refractivity (Wildman–Crippen MR) is 86.4 cm³/mol. The van der Waals surface area contributed by atoms with Crippen molar-refractivity contribution < 1.29 is 0 Å². The molecule has 1 aromatic heterocycles. The average molecular weight is 329 g/mol. The molecule has 0 unspecified atom stereocenters. The third-order valence-electron chi connectivity index (χ3n) is 3.30. The van der Waals surface area contributed by atoms with Crippen LogP contribution in [0, 0.1) is 6.92 Å². The van der Waals surface area contributed by atoms with E-state index in [0.29, 0.717) is 11.2 Å². The van der Waals surface area contributed by atoms with Crippen molar-refractivity contribution in [2.75, 3.05) is 5.73 Å². The molecule has 4 heteroatoms. The van der Waals surface area contributed by atoms with E-state index in [1.54, 1.807) is 0 Å². The monoisotopic (exact) mass is 328 g/mol.